The normalized spacial score (nSPS) is 24.7. The highest BCUT2D eigenvalue weighted by atomic mass is 79.9. The molecule has 13 heteroatoms. The Morgan fingerprint density at radius 3 is 2.06 bits per heavy atom. The van der Waals surface area contributed by atoms with Gasteiger partial charge >= 0.3 is 23.9 Å². The van der Waals surface area contributed by atoms with E-state index in [2.05, 4.69) is 21.2 Å². The number of rotatable bonds is 7. The van der Waals surface area contributed by atoms with Crippen molar-refractivity contribution in [2.75, 3.05) is 6.61 Å². The van der Waals surface area contributed by atoms with Gasteiger partial charge < -0.3 is 33.4 Å². The lowest BCUT2D eigenvalue weighted by Gasteiger charge is -2.44. The molecule has 0 saturated carbocycles. The lowest BCUT2D eigenvalue weighted by atomic mass is 9.96. The van der Waals surface area contributed by atoms with Crippen molar-refractivity contribution in [2.24, 2.45) is 0 Å². The molecule has 0 aromatic carbocycles. The van der Waals surface area contributed by atoms with Crippen molar-refractivity contribution >= 4 is 45.7 Å². The van der Waals surface area contributed by atoms with E-state index in [4.69, 9.17) is 28.1 Å². The van der Waals surface area contributed by atoms with Gasteiger partial charge in [-0.05, 0) is 28.1 Å². The number of amides is 1. The number of carbonyl (C=O) groups is 5. The molecule has 5 atom stereocenters. The molecule has 0 bridgehead atoms. The van der Waals surface area contributed by atoms with Crippen LogP contribution in [0, 0.1) is 0 Å². The van der Waals surface area contributed by atoms with Crippen molar-refractivity contribution in [1.82, 2.24) is 5.32 Å². The van der Waals surface area contributed by atoms with Crippen LogP contribution in [0.25, 0.3) is 0 Å². The number of esters is 4. The van der Waals surface area contributed by atoms with Crippen molar-refractivity contribution in [3.05, 3.63) is 22.6 Å². The Morgan fingerprint density at radius 2 is 1.56 bits per heavy atom. The largest absolute Gasteiger partial charge is 0.463 e. The molecular weight excluding hydrogens is 498 g/mol. The third kappa shape index (κ3) is 7.05. The molecule has 1 fully saturated rings. The van der Waals surface area contributed by atoms with Crippen LogP contribution in [0.2, 0.25) is 0 Å². The summed E-state index contributed by atoms with van der Waals surface area (Å²) in [4.78, 5) is 59.1. The molecule has 0 unspecified atom stereocenters. The van der Waals surface area contributed by atoms with Crippen molar-refractivity contribution < 1.29 is 52.1 Å². The summed E-state index contributed by atoms with van der Waals surface area (Å²) in [5, 5.41) is 2.48. The molecule has 1 saturated heterocycles. The number of halogens is 1. The van der Waals surface area contributed by atoms with Gasteiger partial charge in [0.05, 0.1) is 0 Å². The average molecular weight is 520 g/mol. The smallest absolute Gasteiger partial charge is 0.376 e. The lowest BCUT2D eigenvalue weighted by Crippen LogP contribution is -2.66. The highest BCUT2D eigenvalue weighted by Crippen LogP contribution is 2.29. The molecule has 1 amide bonds. The summed E-state index contributed by atoms with van der Waals surface area (Å²) in [5.74, 6) is -3.87. The Labute approximate surface area is 190 Å². The number of nitrogens with one attached hydrogen (secondary N) is 1. The first-order valence-electron chi connectivity index (χ1n) is 9.34. The summed E-state index contributed by atoms with van der Waals surface area (Å²) in [6, 6.07) is 1.53. The molecule has 1 aliphatic heterocycles. The molecule has 32 heavy (non-hydrogen) atoms. The Kier molecular flexibility index (Phi) is 8.78. The van der Waals surface area contributed by atoms with Gasteiger partial charge in [-0.1, -0.05) is 0 Å². The van der Waals surface area contributed by atoms with Gasteiger partial charge in [-0.25, -0.2) is 4.79 Å². The molecule has 176 valence electrons. The lowest BCUT2D eigenvalue weighted by molar-refractivity contribution is -0.264. The highest BCUT2D eigenvalue weighted by molar-refractivity contribution is 9.10. The molecule has 2 rings (SSSR count). The second-order valence-electron chi connectivity index (χ2n) is 6.73. The highest BCUT2D eigenvalue weighted by Gasteiger charge is 2.52. The van der Waals surface area contributed by atoms with Gasteiger partial charge in [0, 0.05) is 27.7 Å². The number of furan rings is 1. The average Bonchev–Trinajstić information content (AvgIpc) is 3.10. The maximum absolute atomic E-state index is 12.5. The van der Waals surface area contributed by atoms with Crippen molar-refractivity contribution in [3.63, 3.8) is 0 Å². The fourth-order valence-electron chi connectivity index (χ4n) is 2.98. The second kappa shape index (κ2) is 11.1. The van der Waals surface area contributed by atoms with Crippen LogP contribution in [0.1, 0.15) is 38.2 Å². The standard InChI is InChI=1S/C19H22BrNO11/c1-8(22)21-15-17(29-11(4)25)16(28-10(3)24)13(7-27-9(2)23)31-19(15)32-18(26)12-5-6-14(20)30-12/h5-6,13,15-17,19H,7H2,1-4H3,(H,21,22)/t13-,15+,16-,17-,19+/m1/s1. The van der Waals surface area contributed by atoms with Crippen LogP contribution in [-0.4, -0.2) is 67.0 Å². The maximum Gasteiger partial charge on any atom is 0.376 e. The van der Waals surface area contributed by atoms with Crippen molar-refractivity contribution in [2.45, 2.75) is 58.3 Å². The summed E-state index contributed by atoms with van der Waals surface area (Å²) < 4.78 is 32.0. The predicted molar refractivity (Wildman–Crippen MR) is 106 cm³/mol. The van der Waals surface area contributed by atoms with Crippen LogP contribution >= 0.6 is 15.9 Å². The van der Waals surface area contributed by atoms with Crippen LogP contribution in [0.3, 0.4) is 0 Å². The van der Waals surface area contributed by atoms with Gasteiger partial charge in [0.15, 0.2) is 16.9 Å². The minimum atomic E-state index is -1.52. The second-order valence-corrected chi connectivity index (χ2v) is 7.51. The van der Waals surface area contributed by atoms with Crippen LogP contribution in [0.5, 0.6) is 0 Å². The molecule has 0 spiro atoms. The Hall–Kier alpha value is -2.93. The molecular formula is C19H22BrNO11. The summed E-state index contributed by atoms with van der Waals surface area (Å²) in [7, 11) is 0. The molecule has 12 nitrogen and oxygen atoms in total. The molecule has 0 radical (unpaired) electrons. The third-order valence-electron chi connectivity index (χ3n) is 4.07. The first-order chi connectivity index (χ1) is 15.0. The quantitative estimate of drug-likeness (QED) is 0.402. The zero-order valence-electron chi connectivity index (χ0n) is 17.6. The number of carbonyl (C=O) groups excluding carboxylic acids is 5. The van der Waals surface area contributed by atoms with E-state index in [-0.39, 0.29) is 10.4 Å². The summed E-state index contributed by atoms with van der Waals surface area (Å²) in [6.07, 6.45) is -5.35. The van der Waals surface area contributed by atoms with Crippen LogP contribution < -0.4 is 5.32 Å². The molecule has 1 aromatic rings. The summed E-state index contributed by atoms with van der Waals surface area (Å²) in [6.45, 7) is 4.13. The minimum absolute atomic E-state index is 0.176. The van der Waals surface area contributed by atoms with Crippen molar-refractivity contribution in [1.29, 1.82) is 0 Å². The van der Waals surface area contributed by atoms with E-state index in [1.165, 1.54) is 19.1 Å². The van der Waals surface area contributed by atoms with Crippen LogP contribution in [0.4, 0.5) is 0 Å². The Bertz CT molecular complexity index is 882. The predicted octanol–water partition coefficient (Wildman–Crippen LogP) is 0.855. The van der Waals surface area contributed by atoms with E-state index < -0.39 is 67.0 Å². The van der Waals surface area contributed by atoms with Crippen molar-refractivity contribution in [3.8, 4) is 0 Å². The molecule has 0 aliphatic carbocycles. The van der Waals surface area contributed by atoms with E-state index in [0.29, 0.717) is 0 Å². The fourth-order valence-corrected chi connectivity index (χ4v) is 3.29. The summed E-state index contributed by atoms with van der Waals surface area (Å²) >= 11 is 3.06. The molecule has 1 aromatic heterocycles. The van der Waals surface area contributed by atoms with E-state index in [0.717, 1.165) is 20.8 Å². The first-order valence-corrected chi connectivity index (χ1v) is 10.1. The minimum Gasteiger partial charge on any atom is -0.463 e. The van der Waals surface area contributed by atoms with Gasteiger partial charge in [0.2, 0.25) is 18.0 Å². The van der Waals surface area contributed by atoms with E-state index >= 15 is 0 Å². The Balaban J connectivity index is 2.42. The first kappa shape index (κ1) is 25.3. The molecule has 1 aliphatic rings. The third-order valence-corrected chi connectivity index (χ3v) is 4.49. The zero-order valence-corrected chi connectivity index (χ0v) is 19.2. The van der Waals surface area contributed by atoms with Gasteiger partial charge in [0.1, 0.15) is 18.8 Å². The summed E-state index contributed by atoms with van der Waals surface area (Å²) in [5.41, 5.74) is 0. The van der Waals surface area contributed by atoms with Gasteiger partial charge in [-0.3, -0.25) is 19.2 Å². The van der Waals surface area contributed by atoms with Gasteiger partial charge in [-0.15, -0.1) is 0 Å². The number of hydrogen-bond acceptors (Lipinski definition) is 11. The van der Waals surface area contributed by atoms with Crippen LogP contribution in [-0.2, 0) is 42.9 Å². The maximum atomic E-state index is 12.5. The van der Waals surface area contributed by atoms with Gasteiger partial charge in [-0.2, -0.15) is 0 Å². The fraction of sp³-hybridized carbons (Fsp3) is 0.526. The molecule has 2 heterocycles. The number of ether oxygens (including phenoxy) is 5. The van der Waals surface area contributed by atoms with E-state index in [1.807, 2.05) is 0 Å². The zero-order chi connectivity index (χ0) is 24.0. The van der Waals surface area contributed by atoms with Crippen LogP contribution in [0.15, 0.2) is 21.2 Å². The number of hydrogen-bond donors (Lipinski definition) is 1. The van der Waals surface area contributed by atoms with Gasteiger partial charge in [0.25, 0.3) is 0 Å². The molecule has 1 N–H and O–H groups in total. The monoisotopic (exact) mass is 519 g/mol. The van der Waals surface area contributed by atoms with E-state index in [1.54, 1.807) is 0 Å². The topological polar surface area (TPSA) is 157 Å². The van der Waals surface area contributed by atoms with E-state index in [9.17, 15) is 24.0 Å². The Morgan fingerprint density at radius 1 is 0.938 bits per heavy atom. The SMILES string of the molecule is CC(=O)N[C@@H]1[C@H](OC(=O)c2ccc(Br)o2)O[C@H](COC(C)=O)[C@@H](OC(C)=O)[C@@H]1OC(C)=O.